The van der Waals surface area contributed by atoms with Gasteiger partial charge in [0.15, 0.2) is 0 Å². The van der Waals surface area contributed by atoms with Gasteiger partial charge in [-0.2, -0.15) is 0 Å². The number of hydrogen-bond acceptors (Lipinski definition) is 7. The largest absolute Gasteiger partial charge is 0.465 e. The Labute approximate surface area is 184 Å². The van der Waals surface area contributed by atoms with Crippen LogP contribution < -0.4 is 4.72 Å². The quantitative estimate of drug-likeness (QED) is 0.238. The molecule has 0 aliphatic rings. The van der Waals surface area contributed by atoms with E-state index in [0.29, 0.717) is 10.9 Å². The van der Waals surface area contributed by atoms with Crippen LogP contribution in [0, 0.1) is 16.0 Å². The molecule has 0 aliphatic heterocycles. The van der Waals surface area contributed by atoms with Gasteiger partial charge in [-0.1, -0.05) is 42.5 Å². The molecule has 3 aromatic rings. The number of hydrogen-bond donors (Lipinski definition) is 1. The van der Waals surface area contributed by atoms with Crippen molar-refractivity contribution in [1.82, 2.24) is 4.72 Å². The molecule has 1 atom stereocenters. The molecule has 0 aromatic heterocycles. The molecule has 9 nitrogen and oxygen atoms in total. The van der Waals surface area contributed by atoms with Crippen molar-refractivity contribution in [3.05, 3.63) is 82.4 Å². The van der Waals surface area contributed by atoms with Crippen molar-refractivity contribution in [1.29, 1.82) is 0 Å². The van der Waals surface area contributed by atoms with Gasteiger partial charge in [-0.3, -0.25) is 19.7 Å². The van der Waals surface area contributed by atoms with Crippen LogP contribution in [0.4, 0.5) is 5.69 Å². The smallest absolute Gasteiger partial charge is 0.318 e. The summed E-state index contributed by atoms with van der Waals surface area (Å²) in [6.07, 6.45) is -0.185. The van der Waals surface area contributed by atoms with Crippen molar-refractivity contribution in [3.8, 4) is 0 Å². The fraction of sp³-hybridized carbons (Fsp3) is 0.182. The Bertz CT molecular complexity index is 1270. The van der Waals surface area contributed by atoms with Gasteiger partial charge >= 0.3 is 5.97 Å². The number of carbonyl (C=O) groups excluding carboxylic acids is 2. The summed E-state index contributed by atoms with van der Waals surface area (Å²) >= 11 is 0. The average molecular weight is 456 g/mol. The van der Waals surface area contributed by atoms with E-state index < -0.39 is 32.7 Å². The molecule has 0 saturated carbocycles. The second-order valence-corrected chi connectivity index (χ2v) is 8.59. The minimum Gasteiger partial charge on any atom is -0.465 e. The molecule has 0 saturated heterocycles. The zero-order chi connectivity index (χ0) is 23.3. The standard InChI is InChI=1S/C22H20N2O7S/c1-2-31-22(26)20(13-15-7-10-18(11-8-15)24(27)28)21(25)23-32(29,30)19-12-9-16-5-3-4-6-17(16)14-19/h3-12,14,20H,2,13H2,1H3,(H,23,25). The molecule has 0 radical (unpaired) electrons. The molecular weight excluding hydrogens is 436 g/mol. The van der Waals surface area contributed by atoms with Crippen LogP contribution in [0.3, 0.4) is 0 Å². The monoisotopic (exact) mass is 456 g/mol. The van der Waals surface area contributed by atoms with Crippen molar-refractivity contribution in [2.24, 2.45) is 5.92 Å². The van der Waals surface area contributed by atoms with E-state index in [1.807, 2.05) is 16.9 Å². The van der Waals surface area contributed by atoms with Gasteiger partial charge < -0.3 is 4.74 Å². The summed E-state index contributed by atoms with van der Waals surface area (Å²) in [5.41, 5.74) is 0.289. The Morgan fingerprint density at radius 1 is 1.03 bits per heavy atom. The summed E-state index contributed by atoms with van der Waals surface area (Å²) in [5.74, 6) is -3.39. The lowest BCUT2D eigenvalue weighted by Gasteiger charge is -2.16. The molecule has 0 fully saturated rings. The normalized spacial score (nSPS) is 12.2. The molecule has 0 bridgehead atoms. The number of benzene rings is 3. The highest BCUT2D eigenvalue weighted by molar-refractivity contribution is 7.90. The first-order valence-electron chi connectivity index (χ1n) is 9.66. The highest BCUT2D eigenvalue weighted by Crippen LogP contribution is 2.20. The summed E-state index contributed by atoms with van der Waals surface area (Å²) in [4.78, 5) is 35.3. The SMILES string of the molecule is CCOC(=O)C(Cc1ccc([N+](=O)[O-])cc1)C(=O)NS(=O)(=O)c1ccc2ccccc2c1. The molecule has 0 aliphatic carbocycles. The van der Waals surface area contributed by atoms with Crippen molar-refractivity contribution >= 4 is 38.4 Å². The van der Waals surface area contributed by atoms with E-state index in [1.165, 1.54) is 36.4 Å². The Morgan fingerprint density at radius 3 is 2.31 bits per heavy atom. The molecule has 1 unspecified atom stereocenters. The number of nitro benzene ring substituents is 1. The molecule has 32 heavy (non-hydrogen) atoms. The van der Waals surface area contributed by atoms with Gasteiger partial charge in [0.2, 0.25) is 5.91 Å². The van der Waals surface area contributed by atoms with Crippen molar-refractivity contribution in [2.45, 2.75) is 18.2 Å². The Hall–Kier alpha value is -3.79. The van der Waals surface area contributed by atoms with Crippen LogP contribution in [0.15, 0.2) is 71.6 Å². The molecule has 0 spiro atoms. The summed E-state index contributed by atoms with van der Waals surface area (Å²) < 4.78 is 32.5. The van der Waals surface area contributed by atoms with Gasteiger partial charge in [-0.15, -0.1) is 0 Å². The zero-order valence-corrected chi connectivity index (χ0v) is 17.9. The highest BCUT2D eigenvalue weighted by atomic mass is 32.2. The lowest BCUT2D eigenvalue weighted by atomic mass is 9.98. The number of fused-ring (bicyclic) bond motifs is 1. The fourth-order valence-corrected chi connectivity index (χ4v) is 4.17. The highest BCUT2D eigenvalue weighted by Gasteiger charge is 2.32. The lowest BCUT2D eigenvalue weighted by molar-refractivity contribution is -0.384. The van der Waals surface area contributed by atoms with Crippen LogP contribution in [0.2, 0.25) is 0 Å². The molecule has 0 heterocycles. The van der Waals surface area contributed by atoms with Gasteiger partial charge in [-0.05, 0) is 41.8 Å². The molecule has 166 valence electrons. The maximum atomic E-state index is 12.8. The number of ether oxygens (including phenoxy) is 1. The summed E-state index contributed by atoms with van der Waals surface area (Å²) in [7, 11) is -4.25. The predicted molar refractivity (Wildman–Crippen MR) is 116 cm³/mol. The van der Waals surface area contributed by atoms with E-state index in [1.54, 1.807) is 25.1 Å². The maximum Gasteiger partial charge on any atom is 0.318 e. The number of sulfonamides is 1. The second kappa shape index (κ2) is 9.56. The number of carbonyl (C=O) groups is 2. The third kappa shape index (κ3) is 5.27. The number of esters is 1. The Kier molecular flexibility index (Phi) is 6.84. The number of nitro groups is 1. The summed E-state index contributed by atoms with van der Waals surface area (Å²) in [5, 5.41) is 12.3. The van der Waals surface area contributed by atoms with Crippen molar-refractivity contribution in [2.75, 3.05) is 6.61 Å². The third-order valence-electron chi connectivity index (χ3n) is 4.74. The van der Waals surface area contributed by atoms with Crippen LogP contribution in [-0.2, 0) is 30.8 Å². The van der Waals surface area contributed by atoms with Gasteiger partial charge in [-0.25, -0.2) is 13.1 Å². The Morgan fingerprint density at radius 2 is 1.69 bits per heavy atom. The van der Waals surface area contributed by atoms with Crippen molar-refractivity contribution in [3.63, 3.8) is 0 Å². The second-order valence-electron chi connectivity index (χ2n) is 6.91. The number of nitrogens with one attached hydrogen (secondary N) is 1. The molecule has 10 heteroatoms. The first-order chi connectivity index (χ1) is 15.2. The topological polar surface area (TPSA) is 133 Å². The van der Waals surface area contributed by atoms with E-state index in [2.05, 4.69) is 0 Å². The number of non-ortho nitro benzene ring substituents is 1. The first kappa shape index (κ1) is 22.9. The van der Waals surface area contributed by atoms with Crippen LogP contribution in [0.25, 0.3) is 10.8 Å². The van der Waals surface area contributed by atoms with Crippen LogP contribution in [0.5, 0.6) is 0 Å². The lowest BCUT2D eigenvalue weighted by Crippen LogP contribution is -2.40. The number of amides is 1. The number of rotatable bonds is 8. The molecular formula is C22H20N2O7S. The van der Waals surface area contributed by atoms with E-state index in [9.17, 15) is 28.1 Å². The van der Waals surface area contributed by atoms with E-state index in [-0.39, 0.29) is 23.6 Å². The van der Waals surface area contributed by atoms with E-state index in [0.717, 1.165) is 5.39 Å². The van der Waals surface area contributed by atoms with Gasteiger partial charge in [0.25, 0.3) is 15.7 Å². The number of nitrogens with zero attached hydrogens (tertiary/aromatic N) is 1. The fourth-order valence-electron chi connectivity index (χ4n) is 3.11. The van der Waals surface area contributed by atoms with E-state index >= 15 is 0 Å². The minimum atomic E-state index is -4.25. The predicted octanol–water partition coefficient (Wildman–Crippen LogP) is 2.97. The minimum absolute atomic E-state index is 0.000297. The average Bonchev–Trinajstić information content (AvgIpc) is 2.77. The van der Waals surface area contributed by atoms with Crippen molar-refractivity contribution < 1.29 is 27.7 Å². The third-order valence-corrected chi connectivity index (χ3v) is 6.09. The first-order valence-corrected chi connectivity index (χ1v) is 11.1. The zero-order valence-electron chi connectivity index (χ0n) is 17.1. The molecule has 3 aromatic carbocycles. The Balaban J connectivity index is 1.84. The van der Waals surface area contributed by atoms with Crippen LogP contribution >= 0.6 is 0 Å². The van der Waals surface area contributed by atoms with Gasteiger partial charge in [0.05, 0.1) is 16.4 Å². The summed E-state index contributed by atoms with van der Waals surface area (Å²) in [6, 6.07) is 16.8. The maximum absolute atomic E-state index is 12.8. The van der Waals surface area contributed by atoms with Gasteiger partial charge in [0.1, 0.15) is 5.92 Å². The molecule has 1 N–H and O–H groups in total. The van der Waals surface area contributed by atoms with Crippen LogP contribution in [-0.4, -0.2) is 31.8 Å². The summed E-state index contributed by atoms with van der Waals surface area (Å²) in [6.45, 7) is 1.56. The molecule has 1 amide bonds. The molecule has 3 rings (SSSR count). The van der Waals surface area contributed by atoms with E-state index in [4.69, 9.17) is 4.74 Å². The van der Waals surface area contributed by atoms with Gasteiger partial charge in [0, 0.05) is 12.1 Å². The van der Waals surface area contributed by atoms with Crippen LogP contribution in [0.1, 0.15) is 12.5 Å².